The number of carbonyl (C=O) groups excluding carboxylic acids is 1. The van der Waals surface area contributed by atoms with Crippen LogP contribution in [0.5, 0.6) is 5.75 Å². The second kappa shape index (κ2) is 11.9. The quantitative estimate of drug-likeness (QED) is 0.359. The first-order valence-electron chi connectivity index (χ1n) is 13.4. The molecular weight excluding hydrogens is 502 g/mol. The normalized spacial score (nSPS) is 13.8. The van der Waals surface area contributed by atoms with Gasteiger partial charge in [-0.1, -0.05) is 87.5 Å². The summed E-state index contributed by atoms with van der Waals surface area (Å²) < 4.78 is 11.3. The number of hydrogen-bond acceptors (Lipinski definition) is 6. The Hall–Kier alpha value is -4.26. The zero-order valence-corrected chi connectivity index (χ0v) is 24.1. The van der Waals surface area contributed by atoms with Crippen LogP contribution in [0.15, 0.2) is 82.1 Å². The van der Waals surface area contributed by atoms with Gasteiger partial charge in [-0.05, 0) is 54.0 Å². The van der Waals surface area contributed by atoms with Crippen LogP contribution in [0.4, 0.5) is 0 Å². The number of ether oxygens (including phenoxy) is 2. The van der Waals surface area contributed by atoms with E-state index in [0.717, 1.165) is 22.3 Å². The number of H-pyrrole nitrogens is 1. The minimum absolute atomic E-state index is 0.0851. The standard InChI is InChI=1S/C33H37N3O4/c1-32(2,3)26-16-14-24(15-17-26)25-13-12-23(19-34-20-25)18-27-35-28(31(38)40-33(4,5)6)29(30(37)36-27)39-21-22-10-8-7-9-11-22/h7-17,20H,18-19,21H2,1-6H3,(H,35,36,37). The number of esters is 1. The number of carbonyl (C=O) groups is 1. The molecule has 0 unspecified atom stereocenters. The van der Waals surface area contributed by atoms with Crippen LogP contribution in [0.1, 0.15) is 74.5 Å². The van der Waals surface area contributed by atoms with Gasteiger partial charge >= 0.3 is 5.97 Å². The fraction of sp³-hybridized carbons (Fsp3) is 0.333. The zero-order valence-electron chi connectivity index (χ0n) is 24.1. The maximum Gasteiger partial charge on any atom is 0.361 e. The lowest BCUT2D eigenvalue weighted by Gasteiger charge is -2.20. The lowest BCUT2D eigenvalue weighted by Crippen LogP contribution is -2.28. The maximum atomic E-state index is 13.1. The van der Waals surface area contributed by atoms with E-state index in [1.54, 1.807) is 20.8 Å². The number of allylic oxidation sites excluding steroid dienone is 3. The van der Waals surface area contributed by atoms with Crippen molar-refractivity contribution < 1.29 is 14.3 Å². The zero-order chi connectivity index (χ0) is 28.9. The number of nitrogens with one attached hydrogen (secondary N) is 1. The molecular formula is C33H37N3O4. The molecule has 0 spiro atoms. The van der Waals surface area contributed by atoms with Gasteiger partial charge in [0, 0.05) is 12.6 Å². The molecule has 0 amide bonds. The lowest BCUT2D eigenvalue weighted by atomic mass is 9.86. The molecule has 0 aliphatic carbocycles. The number of aliphatic imine (C=N–C) groups is 1. The molecule has 0 radical (unpaired) electrons. The van der Waals surface area contributed by atoms with Gasteiger partial charge in [0.15, 0.2) is 5.69 Å². The third-order valence-corrected chi connectivity index (χ3v) is 6.25. The highest BCUT2D eigenvalue weighted by Crippen LogP contribution is 2.25. The molecule has 1 aliphatic rings. The van der Waals surface area contributed by atoms with Crippen molar-refractivity contribution in [2.75, 3.05) is 6.54 Å². The smallest absolute Gasteiger partial charge is 0.361 e. The number of hydrogen-bond donors (Lipinski definition) is 1. The molecule has 0 saturated heterocycles. The molecule has 0 atom stereocenters. The fourth-order valence-electron chi connectivity index (χ4n) is 4.15. The molecule has 1 aromatic heterocycles. The van der Waals surface area contributed by atoms with Gasteiger partial charge in [-0.2, -0.15) is 0 Å². The van der Waals surface area contributed by atoms with Crippen molar-refractivity contribution in [3.63, 3.8) is 0 Å². The van der Waals surface area contributed by atoms with Gasteiger partial charge in [0.1, 0.15) is 18.0 Å². The molecule has 1 aliphatic heterocycles. The average molecular weight is 540 g/mol. The van der Waals surface area contributed by atoms with Crippen LogP contribution in [0.2, 0.25) is 0 Å². The van der Waals surface area contributed by atoms with Crippen molar-refractivity contribution in [1.82, 2.24) is 9.97 Å². The minimum atomic E-state index is -0.761. The van der Waals surface area contributed by atoms with Crippen LogP contribution >= 0.6 is 0 Å². The van der Waals surface area contributed by atoms with Crippen molar-refractivity contribution in [2.24, 2.45) is 4.99 Å². The molecule has 2 aromatic carbocycles. The SMILES string of the molecule is CC(C)(C)OC(=O)c1nc(CC2=CC=C(c3ccc(C(C)(C)C)cc3)C=NC2)[nH]c(=O)c1OCc1ccccc1. The number of rotatable bonds is 7. The molecule has 0 fully saturated rings. The summed E-state index contributed by atoms with van der Waals surface area (Å²) in [5, 5.41) is 0. The van der Waals surface area contributed by atoms with Gasteiger partial charge in [0.05, 0.1) is 6.54 Å². The first-order chi connectivity index (χ1) is 18.9. The van der Waals surface area contributed by atoms with Gasteiger partial charge < -0.3 is 14.5 Å². The van der Waals surface area contributed by atoms with Crippen molar-refractivity contribution in [3.8, 4) is 5.75 Å². The molecule has 0 bridgehead atoms. The molecule has 40 heavy (non-hydrogen) atoms. The first kappa shape index (κ1) is 28.7. The molecule has 1 N–H and O–H groups in total. The lowest BCUT2D eigenvalue weighted by molar-refractivity contribution is 0.00572. The molecule has 7 heteroatoms. The largest absolute Gasteiger partial charge is 0.481 e. The third-order valence-electron chi connectivity index (χ3n) is 6.25. The number of aromatic amines is 1. The van der Waals surface area contributed by atoms with Gasteiger partial charge in [-0.3, -0.25) is 9.79 Å². The Morgan fingerprint density at radius 2 is 1.65 bits per heavy atom. The van der Waals surface area contributed by atoms with Gasteiger partial charge in [-0.25, -0.2) is 9.78 Å². The van der Waals surface area contributed by atoms with Crippen LogP contribution < -0.4 is 10.3 Å². The van der Waals surface area contributed by atoms with E-state index in [1.807, 2.05) is 48.7 Å². The van der Waals surface area contributed by atoms with E-state index in [9.17, 15) is 9.59 Å². The van der Waals surface area contributed by atoms with Crippen molar-refractivity contribution in [3.05, 3.63) is 111 Å². The second-order valence-corrected chi connectivity index (χ2v) is 11.9. The highest BCUT2D eigenvalue weighted by molar-refractivity contribution is 6.10. The summed E-state index contributed by atoms with van der Waals surface area (Å²) in [4.78, 5) is 38.0. The molecule has 208 valence electrons. The predicted molar refractivity (Wildman–Crippen MR) is 159 cm³/mol. The van der Waals surface area contributed by atoms with E-state index in [2.05, 4.69) is 60.0 Å². The maximum absolute atomic E-state index is 13.1. The predicted octanol–water partition coefficient (Wildman–Crippen LogP) is 6.24. The Labute approximate surface area is 235 Å². The van der Waals surface area contributed by atoms with Crippen LogP contribution in [0, 0.1) is 0 Å². The van der Waals surface area contributed by atoms with E-state index in [0.29, 0.717) is 18.8 Å². The highest BCUT2D eigenvalue weighted by atomic mass is 16.6. The highest BCUT2D eigenvalue weighted by Gasteiger charge is 2.26. The Kier molecular flexibility index (Phi) is 8.52. The summed E-state index contributed by atoms with van der Waals surface area (Å²) in [7, 11) is 0. The minimum Gasteiger partial charge on any atom is -0.481 e. The number of aromatic nitrogens is 2. The molecule has 2 heterocycles. The Bertz CT molecular complexity index is 1500. The van der Waals surface area contributed by atoms with Gasteiger partial charge in [0.2, 0.25) is 5.75 Å². The summed E-state index contributed by atoms with van der Waals surface area (Å²) in [6.45, 7) is 12.4. The van der Waals surface area contributed by atoms with E-state index < -0.39 is 17.1 Å². The van der Waals surface area contributed by atoms with E-state index >= 15 is 0 Å². The summed E-state index contributed by atoms with van der Waals surface area (Å²) in [6.07, 6.45) is 6.18. The Morgan fingerprint density at radius 1 is 0.950 bits per heavy atom. The summed E-state index contributed by atoms with van der Waals surface area (Å²) in [5.74, 6) is -0.530. The van der Waals surface area contributed by atoms with Crippen LogP contribution in [0.25, 0.3) is 5.57 Å². The van der Waals surface area contributed by atoms with E-state index in [-0.39, 0.29) is 23.5 Å². The van der Waals surface area contributed by atoms with Crippen molar-refractivity contribution in [2.45, 2.75) is 65.6 Å². The van der Waals surface area contributed by atoms with E-state index in [4.69, 9.17) is 9.47 Å². The molecule has 7 nitrogen and oxygen atoms in total. The molecule has 0 saturated carbocycles. The summed E-state index contributed by atoms with van der Waals surface area (Å²) in [6, 6.07) is 17.9. The van der Waals surface area contributed by atoms with Crippen molar-refractivity contribution >= 4 is 17.8 Å². The Morgan fingerprint density at radius 3 is 2.30 bits per heavy atom. The summed E-state index contributed by atoms with van der Waals surface area (Å²) in [5.41, 5.74) is 3.79. The van der Waals surface area contributed by atoms with Crippen LogP contribution in [-0.4, -0.2) is 34.3 Å². The van der Waals surface area contributed by atoms with Crippen molar-refractivity contribution in [1.29, 1.82) is 0 Å². The number of nitrogens with zero attached hydrogens (tertiary/aromatic N) is 2. The van der Waals surface area contributed by atoms with Crippen LogP contribution in [0.3, 0.4) is 0 Å². The first-order valence-corrected chi connectivity index (χ1v) is 13.4. The third kappa shape index (κ3) is 7.65. The monoisotopic (exact) mass is 539 g/mol. The van der Waals surface area contributed by atoms with Crippen LogP contribution in [-0.2, 0) is 23.2 Å². The van der Waals surface area contributed by atoms with E-state index in [1.165, 1.54) is 5.56 Å². The van der Waals surface area contributed by atoms with Gasteiger partial charge in [0.25, 0.3) is 5.56 Å². The fourth-order valence-corrected chi connectivity index (χ4v) is 4.15. The Balaban J connectivity index is 1.59. The summed E-state index contributed by atoms with van der Waals surface area (Å²) >= 11 is 0. The average Bonchev–Trinajstić information content (AvgIpc) is 3.12. The molecule has 4 rings (SSSR count). The molecule has 3 aromatic rings. The second-order valence-electron chi connectivity index (χ2n) is 11.9. The topological polar surface area (TPSA) is 93.6 Å². The number of benzene rings is 2. The van der Waals surface area contributed by atoms with Gasteiger partial charge in [-0.15, -0.1) is 0 Å².